The van der Waals surface area contributed by atoms with Crippen LogP contribution in [-0.2, 0) is 4.74 Å². The third-order valence-corrected chi connectivity index (χ3v) is 4.40. The number of carbonyl (C=O) groups excluding carboxylic acids is 1. The van der Waals surface area contributed by atoms with E-state index in [0.717, 1.165) is 38.0 Å². The first kappa shape index (κ1) is 13.2. The number of benzene rings is 1. The fraction of sp³-hybridized carbons (Fsp3) is 0.533. The summed E-state index contributed by atoms with van der Waals surface area (Å²) in [6, 6.07) is 7.38. The summed E-state index contributed by atoms with van der Waals surface area (Å²) in [5, 5.41) is 0. The molecular weight excluding hydrogens is 254 g/mol. The molecule has 1 spiro atoms. The molecule has 0 bridgehead atoms. The molecule has 5 heteroatoms. The van der Waals surface area contributed by atoms with Gasteiger partial charge in [0.15, 0.2) is 0 Å². The summed E-state index contributed by atoms with van der Waals surface area (Å²) < 4.78 is 5.79. The van der Waals surface area contributed by atoms with Gasteiger partial charge in [-0.25, -0.2) is 4.79 Å². The maximum absolute atomic E-state index is 12.3. The molecule has 0 atom stereocenters. The van der Waals surface area contributed by atoms with Crippen LogP contribution < -0.4 is 10.6 Å². The van der Waals surface area contributed by atoms with Gasteiger partial charge < -0.3 is 15.4 Å². The molecule has 0 unspecified atom stereocenters. The Kier molecular flexibility index (Phi) is 3.30. The lowest BCUT2D eigenvalue weighted by atomic mass is 9.87. The largest absolute Gasteiger partial charge is 0.442 e. The van der Waals surface area contributed by atoms with Gasteiger partial charge >= 0.3 is 6.09 Å². The lowest BCUT2D eigenvalue weighted by Gasteiger charge is -2.45. The summed E-state index contributed by atoms with van der Waals surface area (Å²) in [7, 11) is 2.11. The summed E-state index contributed by atoms with van der Waals surface area (Å²) in [5.41, 5.74) is 7.01. The van der Waals surface area contributed by atoms with Gasteiger partial charge in [0.1, 0.15) is 5.60 Å². The Bertz CT molecular complexity index is 510. The van der Waals surface area contributed by atoms with Crippen LogP contribution in [0.4, 0.5) is 16.2 Å². The van der Waals surface area contributed by atoms with Gasteiger partial charge in [0, 0.05) is 50.3 Å². The van der Waals surface area contributed by atoms with Crippen molar-refractivity contribution in [2.45, 2.75) is 24.9 Å². The van der Waals surface area contributed by atoms with Crippen molar-refractivity contribution in [2.75, 3.05) is 37.3 Å². The quantitative estimate of drug-likeness (QED) is 0.797. The molecule has 1 amide bonds. The molecule has 1 aromatic rings. The fourth-order valence-electron chi connectivity index (χ4n) is 3.00. The van der Waals surface area contributed by atoms with Crippen LogP contribution in [0.2, 0.25) is 0 Å². The highest BCUT2D eigenvalue weighted by molar-refractivity contribution is 5.89. The van der Waals surface area contributed by atoms with Crippen LogP contribution in [0.15, 0.2) is 24.3 Å². The van der Waals surface area contributed by atoms with Gasteiger partial charge in [-0.1, -0.05) is 6.07 Å². The molecule has 0 radical (unpaired) electrons. The number of amides is 1. The lowest BCUT2D eigenvalue weighted by molar-refractivity contribution is -0.0444. The van der Waals surface area contributed by atoms with Crippen LogP contribution >= 0.6 is 0 Å². The van der Waals surface area contributed by atoms with E-state index < -0.39 is 0 Å². The molecule has 108 valence electrons. The van der Waals surface area contributed by atoms with Crippen molar-refractivity contribution >= 4 is 17.5 Å². The first-order chi connectivity index (χ1) is 9.58. The molecule has 2 aliphatic rings. The summed E-state index contributed by atoms with van der Waals surface area (Å²) in [6.45, 7) is 2.68. The van der Waals surface area contributed by atoms with E-state index in [1.807, 2.05) is 24.3 Å². The normalized spacial score (nSPS) is 22.9. The van der Waals surface area contributed by atoms with E-state index in [9.17, 15) is 4.79 Å². The molecule has 2 saturated heterocycles. The van der Waals surface area contributed by atoms with Gasteiger partial charge in [0.05, 0.1) is 0 Å². The van der Waals surface area contributed by atoms with Crippen LogP contribution in [0.1, 0.15) is 19.3 Å². The van der Waals surface area contributed by atoms with Gasteiger partial charge in [0.2, 0.25) is 0 Å². The number of rotatable bonds is 1. The number of hydrogen-bond donors (Lipinski definition) is 1. The Morgan fingerprint density at radius 3 is 2.55 bits per heavy atom. The van der Waals surface area contributed by atoms with Crippen molar-refractivity contribution in [3.05, 3.63) is 24.3 Å². The second-order valence-corrected chi connectivity index (χ2v) is 5.85. The van der Waals surface area contributed by atoms with Gasteiger partial charge in [-0.3, -0.25) is 4.90 Å². The second kappa shape index (κ2) is 4.98. The number of nitrogen functional groups attached to an aromatic ring is 1. The number of hydrogen-bond acceptors (Lipinski definition) is 4. The first-order valence-electron chi connectivity index (χ1n) is 7.13. The molecule has 3 rings (SSSR count). The average molecular weight is 275 g/mol. The fourth-order valence-corrected chi connectivity index (χ4v) is 3.00. The van der Waals surface area contributed by atoms with Crippen molar-refractivity contribution in [3.63, 3.8) is 0 Å². The molecule has 2 fully saturated rings. The van der Waals surface area contributed by atoms with Crippen LogP contribution in [0.5, 0.6) is 0 Å². The molecule has 2 aliphatic heterocycles. The van der Waals surface area contributed by atoms with Gasteiger partial charge in [-0.15, -0.1) is 0 Å². The minimum absolute atomic E-state index is 0.244. The zero-order valence-corrected chi connectivity index (χ0v) is 11.8. The number of nitrogens with zero attached hydrogens (tertiary/aromatic N) is 2. The number of piperidine rings is 1. The maximum Gasteiger partial charge on any atom is 0.414 e. The summed E-state index contributed by atoms with van der Waals surface area (Å²) in [5.74, 6) is 0. The molecule has 0 aliphatic carbocycles. The molecular formula is C15H21N3O2. The standard InChI is InChI=1S/C15H21N3O2/c1-17-8-5-15(6-9-17)7-10-18(14(19)20-15)13-4-2-3-12(16)11-13/h2-4,11H,5-10,16H2,1H3. The van der Waals surface area contributed by atoms with E-state index in [-0.39, 0.29) is 11.7 Å². The summed E-state index contributed by atoms with van der Waals surface area (Å²) >= 11 is 0. The predicted molar refractivity (Wildman–Crippen MR) is 78.8 cm³/mol. The predicted octanol–water partition coefficient (Wildman–Crippen LogP) is 2.08. The van der Waals surface area contributed by atoms with E-state index >= 15 is 0 Å². The third-order valence-electron chi connectivity index (χ3n) is 4.40. The molecule has 2 N–H and O–H groups in total. The second-order valence-electron chi connectivity index (χ2n) is 5.85. The van der Waals surface area contributed by atoms with Gasteiger partial charge in [-0.05, 0) is 25.2 Å². The highest BCUT2D eigenvalue weighted by atomic mass is 16.6. The van der Waals surface area contributed by atoms with Crippen LogP contribution in [0.25, 0.3) is 0 Å². The first-order valence-corrected chi connectivity index (χ1v) is 7.13. The molecule has 0 saturated carbocycles. The van der Waals surface area contributed by atoms with Crippen LogP contribution in [0.3, 0.4) is 0 Å². The van der Waals surface area contributed by atoms with E-state index in [2.05, 4.69) is 11.9 Å². The Morgan fingerprint density at radius 2 is 1.90 bits per heavy atom. The monoisotopic (exact) mass is 275 g/mol. The average Bonchev–Trinajstić information content (AvgIpc) is 2.43. The molecule has 0 aromatic heterocycles. The van der Waals surface area contributed by atoms with Crippen molar-refractivity contribution in [1.29, 1.82) is 0 Å². The molecule has 2 heterocycles. The van der Waals surface area contributed by atoms with E-state index in [4.69, 9.17) is 10.5 Å². The van der Waals surface area contributed by atoms with E-state index in [1.165, 1.54) is 0 Å². The van der Waals surface area contributed by atoms with Crippen molar-refractivity contribution in [3.8, 4) is 0 Å². The van der Waals surface area contributed by atoms with E-state index in [1.54, 1.807) is 4.90 Å². The third kappa shape index (κ3) is 2.45. The number of anilines is 2. The Labute approximate surface area is 119 Å². The van der Waals surface area contributed by atoms with Crippen LogP contribution in [0, 0.1) is 0 Å². The Balaban J connectivity index is 1.73. The topological polar surface area (TPSA) is 58.8 Å². The highest BCUT2D eigenvalue weighted by Gasteiger charge is 2.42. The number of nitrogens with two attached hydrogens (primary N) is 1. The number of ether oxygens (including phenoxy) is 1. The SMILES string of the molecule is CN1CCC2(CC1)CCN(c1cccc(N)c1)C(=O)O2. The molecule has 5 nitrogen and oxygen atoms in total. The summed E-state index contributed by atoms with van der Waals surface area (Å²) in [4.78, 5) is 16.3. The summed E-state index contributed by atoms with van der Waals surface area (Å²) in [6.07, 6.45) is 2.51. The van der Waals surface area contributed by atoms with Crippen molar-refractivity contribution < 1.29 is 9.53 Å². The highest BCUT2D eigenvalue weighted by Crippen LogP contribution is 2.35. The number of likely N-dealkylation sites (tertiary alicyclic amines) is 1. The van der Waals surface area contributed by atoms with Crippen molar-refractivity contribution in [1.82, 2.24) is 4.90 Å². The lowest BCUT2D eigenvalue weighted by Crippen LogP contribution is -2.54. The van der Waals surface area contributed by atoms with Crippen LogP contribution in [-0.4, -0.2) is 43.3 Å². The Hall–Kier alpha value is -1.75. The zero-order valence-electron chi connectivity index (χ0n) is 11.8. The zero-order chi connectivity index (χ0) is 14.2. The smallest absolute Gasteiger partial charge is 0.414 e. The van der Waals surface area contributed by atoms with Gasteiger partial charge in [-0.2, -0.15) is 0 Å². The minimum atomic E-state index is -0.250. The number of carbonyl (C=O) groups is 1. The van der Waals surface area contributed by atoms with E-state index in [0.29, 0.717) is 12.2 Å². The molecule has 20 heavy (non-hydrogen) atoms. The maximum atomic E-state index is 12.3. The van der Waals surface area contributed by atoms with Gasteiger partial charge in [0.25, 0.3) is 0 Å². The Morgan fingerprint density at radius 1 is 1.20 bits per heavy atom. The minimum Gasteiger partial charge on any atom is -0.442 e. The molecule has 1 aromatic carbocycles. The van der Waals surface area contributed by atoms with Crippen molar-refractivity contribution in [2.24, 2.45) is 0 Å².